The number of pyridine rings is 1. The van der Waals surface area contributed by atoms with Crippen molar-refractivity contribution in [3.63, 3.8) is 0 Å². The Hall–Kier alpha value is -2.06. The summed E-state index contributed by atoms with van der Waals surface area (Å²) in [6, 6.07) is 1.39. The number of nitrogens with zero attached hydrogens (tertiary/aromatic N) is 4. The lowest BCUT2D eigenvalue weighted by Gasteiger charge is -2.17. The first-order valence-electron chi connectivity index (χ1n) is 6.74. The van der Waals surface area contributed by atoms with E-state index in [1.165, 1.54) is 12.3 Å². The van der Waals surface area contributed by atoms with E-state index in [1.807, 2.05) is 0 Å². The first kappa shape index (κ1) is 16.3. The van der Waals surface area contributed by atoms with E-state index in [9.17, 15) is 10.1 Å². The molecule has 22 heavy (non-hydrogen) atoms. The molecule has 3 rings (SSSR count). The molecule has 1 fully saturated rings. The molecule has 0 radical (unpaired) electrons. The van der Waals surface area contributed by atoms with Crippen LogP contribution >= 0.6 is 12.4 Å². The summed E-state index contributed by atoms with van der Waals surface area (Å²) in [5, 5.41) is 14.8. The van der Waals surface area contributed by atoms with Crippen molar-refractivity contribution in [1.82, 2.24) is 15.1 Å². The molecule has 8 nitrogen and oxygen atoms in total. The summed E-state index contributed by atoms with van der Waals surface area (Å²) >= 11 is 0. The van der Waals surface area contributed by atoms with Crippen LogP contribution in [0.15, 0.2) is 16.8 Å². The van der Waals surface area contributed by atoms with Gasteiger partial charge in [-0.15, -0.1) is 12.4 Å². The average Bonchev–Trinajstić information content (AvgIpc) is 3.08. The summed E-state index contributed by atoms with van der Waals surface area (Å²) in [6.07, 6.45) is 4.92. The Labute approximate surface area is 132 Å². The van der Waals surface area contributed by atoms with Gasteiger partial charge in [0, 0.05) is 6.07 Å². The SMILES string of the molecule is Cc1ncc([N+](=O)[O-])cc1-c1nc(C2(N)CCCC2)no1.Cl. The number of nitro groups is 1. The van der Waals surface area contributed by atoms with Crippen LogP contribution in [0.4, 0.5) is 5.69 Å². The highest BCUT2D eigenvalue weighted by atomic mass is 35.5. The Morgan fingerprint density at radius 2 is 2.09 bits per heavy atom. The van der Waals surface area contributed by atoms with Gasteiger partial charge >= 0.3 is 0 Å². The number of aromatic nitrogens is 3. The van der Waals surface area contributed by atoms with E-state index < -0.39 is 10.5 Å². The second kappa shape index (κ2) is 5.98. The van der Waals surface area contributed by atoms with E-state index in [2.05, 4.69) is 15.1 Å². The van der Waals surface area contributed by atoms with Crippen molar-refractivity contribution in [3.05, 3.63) is 33.9 Å². The Morgan fingerprint density at radius 1 is 1.41 bits per heavy atom. The molecule has 0 bridgehead atoms. The Morgan fingerprint density at radius 3 is 2.73 bits per heavy atom. The van der Waals surface area contributed by atoms with Gasteiger partial charge in [0.05, 0.1) is 21.7 Å². The summed E-state index contributed by atoms with van der Waals surface area (Å²) in [7, 11) is 0. The van der Waals surface area contributed by atoms with E-state index in [1.54, 1.807) is 6.92 Å². The standard InChI is InChI=1S/C13H15N5O3.ClH/c1-8-10(6-9(7-15-8)18(19)20)11-16-12(17-21-11)13(14)4-2-3-5-13;/h6-7H,2-5,14H2,1H3;1H. The number of nitrogens with two attached hydrogens (primary N) is 1. The summed E-state index contributed by atoms with van der Waals surface area (Å²) < 4.78 is 5.24. The van der Waals surface area contributed by atoms with Crippen LogP contribution in [0.25, 0.3) is 11.5 Å². The van der Waals surface area contributed by atoms with E-state index in [-0.39, 0.29) is 24.0 Å². The monoisotopic (exact) mass is 325 g/mol. The molecule has 1 aliphatic rings. The zero-order chi connectivity index (χ0) is 15.0. The van der Waals surface area contributed by atoms with Crippen LogP contribution in [0.2, 0.25) is 0 Å². The molecule has 0 aromatic carbocycles. The number of hydrogen-bond acceptors (Lipinski definition) is 7. The van der Waals surface area contributed by atoms with Crippen LogP contribution in [0.5, 0.6) is 0 Å². The molecule has 0 atom stereocenters. The van der Waals surface area contributed by atoms with Gasteiger partial charge in [-0.3, -0.25) is 15.1 Å². The summed E-state index contributed by atoms with van der Waals surface area (Å²) in [4.78, 5) is 18.7. The zero-order valence-corrected chi connectivity index (χ0v) is 12.8. The molecule has 2 aromatic heterocycles. The van der Waals surface area contributed by atoms with Gasteiger partial charge in [0.1, 0.15) is 6.20 Å². The Balaban J connectivity index is 0.00000176. The van der Waals surface area contributed by atoms with Gasteiger partial charge < -0.3 is 10.3 Å². The third kappa shape index (κ3) is 2.79. The van der Waals surface area contributed by atoms with Gasteiger partial charge in [0.2, 0.25) is 0 Å². The minimum absolute atomic E-state index is 0. The first-order valence-corrected chi connectivity index (χ1v) is 6.74. The van der Waals surface area contributed by atoms with Crippen molar-refractivity contribution in [2.75, 3.05) is 0 Å². The second-order valence-electron chi connectivity index (χ2n) is 5.37. The number of halogens is 1. The maximum Gasteiger partial charge on any atom is 0.288 e. The minimum atomic E-state index is -0.552. The fraction of sp³-hybridized carbons (Fsp3) is 0.462. The largest absolute Gasteiger partial charge is 0.334 e. The zero-order valence-electron chi connectivity index (χ0n) is 12.0. The molecule has 1 saturated carbocycles. The number of rotatable bonds is 3. The van der Waals surface area contributed by atoms with Gasteiger partial charge in [-0.1, -0.05) is 18.0 Å². The predicted octanol–water partition coefficient (Wildman–Crippen LogP) is 2.50. The molecular formula is C13H16ClN5O3. The lowest BCUT2D eigenvalue weighted by molar-refractivity contribution is -0.385. The fourth-order valence-electron chi connectivity index (χ4n) is 2.60. The third-order valence-electron chi connectivity index (χ3n) is 3.88. The highest BCUT2D eigenvalue weighted by Crippen LogP contribution is 2.35. The molecule has 0 aliphatic heterocycles. The van der Waals surface area contributed by atoms with E-state index in [4.69, 9.17) is 10.3 Å². The van der Waals surface area contributed by atoms with Crippen LogP contribution < -0.4 is 5.73 Å². The van der Waals surface area contributed by atoms with Crippen molar-refractivity contribution in [1.29, 1.82) is 0 Å². The molecule has 0 amide bonds. The maximum atomic E-state index is 10.8. The minimum Gasteiger partial charge on any atom is -0.334 e. The van der Waals surface area contributed by atoms with Gasteiger partial charge in [0.25, 0.3) is 11.6 Å². The lowest BCUT2D eigenvalue weighted by Crippen LogP contribution is -2.34. The summed E-state index contributed by atoms with van der Waals surface area (Å²) in [5.74, 6) is 0.677. The van der Waals surface area contributed by atoms with E-state index in [0.717, 1.165) is 25.7 Å². The number of aryl methyl sites for hydroxylation is 1. The van der Waals surface area contributed by atoms with Gasteiger partial charge in [-0.2, -0.15) is 4.98 Å². The van der Waals surface area contributed by atoms with Gasteiger partial charge in [-0.05, 0) is 19.8 Å². The molecule has 2 heterocycles. The first-order chi connectivity index (χ1) is 9.99. The molecule has 0 saturated heterocycles. The van der Waals surface area contributed by atoms with Crippen molar-refractivity contribution in [2.24, 2.45) is 5.73 Å². The average molecular weight is 326 g/mol. The van der Waals surface area contributed by atoms with Crippen molar-refractivity contribution in [3.8, 4) is 11.5 Å². The van der Waals surface area contributed by atoms with Crippen LogP contribution in [-0.2, 0) is 5.54 Å². The van der Waals surface area contributed by atoms with Crippen molar-refractivity contribution < 1.29 is 9.45 Å². The Bertz CT molecular complexity index is 697. The quantitative estimate of drug-likeness (QED) is 0.679. The number of hydrogen-bond donors (Lipinski definition) is 1. The van der Waals surface area contributed by atoms with Gasteiger partial charge in [-0.25, -0.2) is 0 Å². The topological polar surface area (TPSA) is 121 Å². The van der Waals surface area contributed by atoms with E-state index >= 15 is 0 Å². The van der Waals surface area contributed by atoms with Crippen LogP contribution in [-0.4, -0.2) is 20.0 Å². The molecule has 1 aliphatic carbocycles. The van der Waals surface area contributed by atoms with Gasteiger partial charge in [0.15, 0.2) is 5.82 Å². The van der Waals surface area contributed by atoms with Crippen molar-refractivity contribution in [2.45, 2.75) is 38.1 Å². The highest BCUT2D eigenvalue weighted by molar-refractivity contribution is 5.85. The Kier molecular flexibility index (Phi) is 4.43. The summed E-state index contributed by atoms with van der Waals surface area (Å²) in [5.41, 5.74) is 6.67. The van der Waals surface area contributed by atoms with Crippen LogP contribution in [0.3, 0.4) is 0 Å². The van der Waals surface area contributed by atoms with Crippen molar-refractivity contribution >= 4 is 18.1 Å². The van der Waals surface area contributed by atoms with E-state index in [0.29, 0.717) is 17.1 Å². The van der Waals surface area contributed by atoms with Crippen LogP contribution in [0.1, 0.15) is 37.2 Å². The normalized spacial score (nSPS) is 16.3. The molecular weight excluding hydrogens is 310 g/mol. The molecule has 0 spiro atoms. The molecule has 0 unspecified atom stereocenters. The third-order valence-corrected chi connectivity index (χ3v) is 3.88. The molecule has 9 heteroatoms. The molecule has 118 valence electrons. The highest BCUT2D eigenvalue weighted by Gasteiger charge is 2.36. The lowest BCUT2D eigenvalue weighted by atomic mass is 9.98. The second-order valence-corrected chi connectivity index (χ2v) is 5.37. The predicted molar refractivity (Wildman–Crippen MR) is 80.5 cm³/mol. The fourth-order valence-corrected chi connectivity index (χ4v) is 2.60. The maximum absolute atomic E-state index is 10.8. The molecule has 2 N–H and O–H groups in total. The molecule has 2 aromatic rings. The smallest absolute Gasteiger partial charge is 0.288 e. The van der Waals surface area contributed by atoms with Crippen LogP contribution in [0, 0.1) is 17.0 Å². The summed E-state index contributed by atoms with van der Waals surface area (Å²) in [6.45, 7) is 1.73.